The molecular weight excluding hydrogens is 296 g/mol. The van der Waals surface area contributed by atoms with Gasteiger partial charge in [0.05, 0.1) is 0 Å². The Morgan fingerprint density at radius 3 is 2.68 bits per heavy atom. The molecule has 3 rings (SSSR count). The van der Waals surface area contributed by atoms with E-state index in [-0.39, 0.29) is 18.3 Å². The molecule has 4 heteroatoms. The van der Waals surface area contributed by atoms with Crippen LogP contribution in [0.4, 0.5) is 5.69 Å². The van der Waals surface area contributed by atoms with Crippen LogP contribution in [0.25, 0.3) is 0 Å². The van der Waals surface area contributed by atoms with E-state index in [1.807, 2.05) is 24.1 Å². The van der Waals surface area contributed by atoms with E-state index in [0.29, 0.717) is 6.04 Å². The van der Waals surface area contributed by atoms with Crippen molar-refractivity contribution in [2.45, 2.75) is 51.5 Å². The van der Waals surface area contributed by atoms with Crippen LogP contribution in [-0.4, -0.2) is 30.4 Å². The number of rotatable bonds is 2. The van der Waals surface area contributed by atoms with Gasteiger partial charge in [-0.2, -0.15) is 0 Å². The van der Waals surface area contributed by atoms with Crippen molar-refractivity contribution in [3.05, 3.63) is 29.3 Å². The van der Waals surface area contributed by atoms with Crippen molar-refractivity contribution in [2.24, 2.45) is 5.92 Å². The number of halogens is 1. The standard InChI is InChI=1S/C18H26N2O.ClH/c1-13-8-10-14(11-9-13)20(2)18(21)16-5-3-7-17-15(16)6-4-12-19-17;/h3,5,7,13-14,19H,4,6,8-12H2,1-2H3;1H. The highest BCUT2D eigenvalue weighted by molar-refractivity contribution is 5.97. The average Bonchev–Trinajstić information content (AvgIpc) is 2.53. The quantitative estimate of drug-likeness (QED) is 0.888. The molecule has 1 aliphatic carbocycles. The van der Waals surface area contributed by atoms with E-state index < -0.39 is 0 Å². The van der Waals surface area contributed by atoms with Crippen molar-refractivity contribution in [3.63, 3.8) is 0 Å². The molecule has 0 atom stereocenters. The van der Waals surface area contributed by atoms with Gasteiger partial charge >= 0.3 is 0 Å². The fourth-order valence-electron chi connectivity index (χ4n) is 3.70. The Kier molecular flexibility index (Phi) is 5.74. The van der Waals surface area contributed by atoms with E-state index in [1.54, 1.807) is 0 Å². The van der Waals surface area contributed by atoms with Crippen LogP contribution in [0, 0.1) is 5.92 Å². The smallest absolute Gasteiger partial charge is 0.254 e. The van der Waals surface area contributed by atoms with E-state index in [0.717, 1.165) is 49.4 Å². The number of anilines is 1. The molecule has 0 unspecified atom stereocenters. The summed E-state index contributed by atoms with van der Waals surface area (Å²) in [4.78, 5) is 14.9. The van der Waals surface area contributed by atoms with Gasteiger partial charge < -0.3 is 10.2 Å². The number of nitrogens with zero attached hydrogens (tertiary/aromatic N) is 1. The maximum absolute atomic E-state index is 12.9. The molecule has 0 saturated heterocycles. The topological polar surface area (TPSA) is 32.3 Å². The molecule has 1 aromatic carbocycles. The van der Waals surface area contributed by atoms with Gasteiger partial charge in [-0.1, -0.05) is 13.0 Å². The van der Waals surface area contributed by atoms with Crippen molar-refractivity contribution in [1.29, 1.82) is 0 Å². The fraction of sp³-hybridized carbons (Fsp3) is 0.611. The third-order valence-electron chi connectivity index (χ3n) is 5.18. The lowest BCUT2D eigenvalue weighted by Gasteiger charge is -2.34. The van der Waals surface area contributed by atoms with Gasteiger partial charge in [-0.25, -0.2) is 0 Å². The zero-order valence-corrected chi connectivity index (χ0v) is 14.4. The molecule has 3 nitrogen and oxygen atoms in total. The summed E-state index contributed by atoms with van der Waals surface area (Å²) in [6, 6.07) is 6.51. The lowest BCUT2D eigenvalue weighted by atomic mass is 9.86. The Bertz CT molecular complexity index is 524. The number of nitrogens with one attached hydrogen (secondary N) is 1. The van der Waals surface area contributed by atoms with E-state index in [9.17, 15) is 4.79 Å². The van der Waals surface area contributed by atoms with Crippen molar-refractivity contribution in [1.82, 2.24) is 4.90 Å². The summed E-state index contributed by atoms with van der Waals surface area (Å²) in [6.45, 7) is 3.33. The molecule has 1 amide bonds. The Morgan fingerprint density at radius 2 is 1.95 bits per heavy atom. The lowest BCUT2D eigenvalue weighted by Crippen LogP contribution is -2.39. The molecule has 0 spiro atoms. The maximum Gasteiger partial charge on any atom is 0.254 e. The first-order valence-electron chi connectivity index (χ1n) is 8.29. The minimum Gasteiger partial charge on any atom is -0.385 e. The largest absolute Gasteiger partial charge is 0.385 e. The number of amides is 1. The van der Waals surface area contributed by atoms with Crippen LogP contribution in [0.1, 0.15) is 54.9 Å². The first-order chi connectivity index (χ1) is 10.2. The highest BCUT2D eigenvalue weighted by Gasteiger charge is 2.27. The van der Waals surface area contributed by atoms with Gasteiger partial charge in [0.1, 0.15) is 0 Å². The number of carbonyl (C=O) groups is 1. The van der Waals surface area contributed by atoms with Crippen molar-refractivity contribution >= 4 is 24.0 Å². The highest BCUT2D eigenvalue weighted by atomic mass is 35.5. The molecule has 0 bridgehead atoms. The predicted molar refractivity (Wildman–Crippen MR) is 94.0 cm³/mol. The fourth-order valence-corrected chi connectivity index (χ4v) is 3.70. The molecule has 0 aromatic heterocycles. The molecule has 22 heavy (non-hydrogen) atoms. The van der Waals surface area contributed by atoms with Crippen LogP contribution < -0.4 is 5.32 Å². The summed E-state index contributed by atoms with van der Waals surface area (Å²) < 4.78 is 0. The Morgan fingerprint density at radius 1 is 1.23 bits per heavy atom. The molecule has 1 aromatic rings. The molecule has 1 aliphatic heterocycles. The summed E-state index contributed by atoms with van der Waals surface area (Å²) in [7, 11) is 1.98. The predicted octanol–water partition coefficient (Wildman–Crippen LogP) is 4.12. The van der Waals surface area contributed by atoms with E-state index in [2.05, 4.69) is 18.3 Å². The summed E-state index contributed by atoms with van der Waals surface area (Å²) in [5.74, 6) is 1.02. The number of benzene rings is 1. The molecule has 122 valence electrons. The van der Waals surface area contributed by atoms with Crippen molar-refractivity contribution in [2.75, 3.05) is 18.9 Å². The number of carbonyl (C=O) groups excluding carboxylic acids is 1. The summed E-state index contributed by atoms with van der Waals surface area (Å²) >= 11 is 0. The monoisotopic (exact) mass is 322 g/mol. The second kappa shape index (κ2) is 7.36. The summed E-state index contributed by atoms with van der Waals surface area (Å²) in [6.07, 6.45) is 6.92. The van der Waals surface area contributed by atoms with Gasteiger partial charge in [0.15, 0.2) is 0 Å². The third kappa shape index (κ3) is 3.40. The Balaban J connectivity index is 0.00000176. The molecule has 1 fully saturated rings. The molecular formula is C18H27ClN2O. The Hall–Kier alpha value is -1.22. The zero-order chi connectivity index (χ0) is 14.8. The number of hydrogen-bond acceptors (Lipinski definition) is 2. The van der Waals surface area contributed by atoms with Crippen LogP contribution in [0.15, 0.2) is 18.2 Å². The van der Waals surface area contributed by atoms with Crippen molar-refractivity contribution in [3.8, 4) is 0 Å². The van der Waals surface area contributed by atoms with Gasteiger partial charge in [0, 0.05) is 30.9 Å². The molecule has 2 aliphatic rings. The van der Waals surface area contributed by atoms with Gasteiger partial charge in [0.25, 0.3) is 5.91 Å². The molecule has 1 saturated carbocycles. The van der Waals surface area contributed by atoms with E-state index in [4.69, 9.17) is 0 Å². The summed E-state index contributed by atoms with van der Waals surface area (Å²) in [5.41, 5.74) is 3.27. The van der Waals surface area contributed by atoms with Crippen LogP contribution in [-0.2, 0) is 6.42 Å². The summed E-state index contributed by atoms with van der Waals surface area (Å²) in [5, 5.41) is 3.41. The van der Waals surface area contributed by atoms with Crippen LogP contribution >= 0.6 is 12.4 Å². The van der Waals surface area contributed by atoms with E-state index in [1.165, 1.54) is 18.4 Å². The molecule has 1 N–H and O–H groups in total. The highest BCUT2D eigenvalue weighted by Crippen LogP contribution is 2.30. The van der Waals surface area contributed by atoms with E-state index >= 15 is 0 Å². The van der Waals surface area contributed by atoms with Crippen LogP contribution in [0.5, 0.6) is 0 Å². The molecule has 1 heterocycles. The van der Waals surface area contributed by atoms with Crippen LogP contribution in [0.2, 0.25) is 0 Å². The SMILES string of the molecule is CC1CCC(N(C)C(=O)c2cccc3c2CCCN3)CC1.Cl. The molecule has 0 radical (unpaired) electrons. The lowest BCUT2D eigenvalue weighted by molar-refractivity contribution is 0.0678. The van der Waals surface area contributed by atoms with Gasteiger partial charge in [-0.15, -0.1) is 12.4 Å². The maximum atomic E-state index is 12.9. The average molecular weight is 323 g/mol. The second-order valence-corrected chi connectivity index (χ2v) is 6.69. The number of fused-ring (bicyclic) bond motifs is 1. The number of hydrogen-bond donors (Lipinski definition) is 1. The first kappa shape index (κ1) is 17.1. The minimum atomic E-state index is 0. The van der Waals surface area contributed by atoms with Crippen LogP contribution in [0.3, 0.4) is 0 Å². The zero-order valence-electron chi connectivity index (χ0n) is 13.6. The first-order valence-corrected chi connectivity index (χ1v) is 8.29. The second-order valence-electron chi connectivity index (χ2n) is 6.69. The van der Waals surface area contributed by atoms with Gasteiger partial charge in [0.2, 0.25) is 0 Å². The van der Waals surface area contributed by atoms with Crippen molar-refractivity contribution < 1.29 is 4.79 Å². The third-order valence-corrected chi connectivity index (χ3v) is 5.18. The Labute approximate surface area is 139 Å². The van der Waals surface area contributed by atoms with Gasteiger partial charge in [-0.05, 0) is 62.1 Å². The normalized spacial score (nSPS) is 23.7. The minimum absolute atomic E-state index is 0. The van der Waals surface area contributed by atoms with Gasteiger partial charge in [-0.3, -0.25) is 4.79 Å².